The van der Waals surface area contributed by atoms with Crippen LogP contribution in [0.5, 0.6) is 5.75 Å². The van der Waals surface area contributed by atoms with Crippen molar-refractivity contribution in [2.24, 2.45) is 0 Å². The Morgan fingerprint density at radius 1 is 1.12 bits per heavy atom. The van der Waals surface area contributed by atoms with E-state index in [2.05, 4.69) is 5.32 Å². The molecule has 0 spiro atoms. The summed E-state index contributed by atoms with van der Waals surface area (Å²) in [7, 11) is -2.42. The number of aryl methyl sites for hydroxylation is 3. The highest BCUT2D eigenvalue weighted by atomic mass is 32.2. The molecule has 0 aliphatic carbocycles. The lowest BCUT2D eigenvalue weighted by atomic mass is 10.1. The van der Waals surface area contributed by atoms with Gasteiger partial charge in [-0.05, 0) is 63.8 Å². The molecule has 9 heteroatoms. The van der Waals surface area contributed by atoms with Crippen LogP contribution in [-0.4, -0.2) is 50.4 Å². The minimum Gasteiger partial charge on any atom is -0.495 e. The Balaban J connectivity index is 1.75. The Kier molecular flexibility index (Phi) is 7.44. The molecule has 1 heterocycles. The number of para-hydroxylation sites is 2. The van der Waals surface area contributed by atoms with Gasteiger partial charge in [0.15, 0.2) is 6.10 Å². The standard InChI is InChI=1S/C24H30N2O6S/c1-15-13-16(2)22(17(3)14-15)33(29,30)26-12-8-10-20(26)24(28)32-18(4)23(27)25-19-9-6-7-11-21(19)31-5/h6-7,9,11,13-14,18,20H,8,10,12H2,1-5H3,(H,25,27)/t18-,20+/m0/s1. The van der Waals surface area contributed by atoms with Crippen LogP contribution in [0.25, 0.3) is 0 Å². The van der Waals surface area contributed by atoms with Crippen LogP contribution in [0.2, 0.25) is 0 Å². The summed E-state index contributed by atoms with van der Waals surface area (Å²) in [5.74, 6) is -0.798. The van der Waals surface area contributed by atoms with E-state index in [0.717, 1.165) is 5.56 Å². The quantitative estimate of drug-likeness (QED) is 0.618. The largest absolute Gasteiger partial charge is 0.495 e. The van der Waals surface area contributed by atoms with Gasteiger partial charge in [-0.25, -0.2) is 8.42 Å². The number of hydrogen-bond donors (Lipinski definition) is 1. The van der Waals surface area contributed by atoms with E-state index < -0.39 is 34.0 Å². The van der Waals surface area contributed by atoms with Crippen LogP contribution in [0.4, 0.5) is 5.69 Å². The van der Waals surface area contributed by atoms with Crippen LogP contribution in [0, 0.1) is 20.8 Å². The SMILES string of the molecule is COc1ccccc1NC(=O)[C@H](C)OC(=O)[C@H]1CCCN1S(=O)(=O)c1c(C)cc(C)cc1C. The third-order valence-corrected chi connectivity index (χ3v) is 7.89. The van der Waals surface area contributed by atoms with Crippen molar-refractivity contribution in [3.8, 4) is 5.75 Å². The molecule has 1 amide bonds. The van der Waals surface area contributed by atoms with Gasteiger partial charge < -0.3 is 14.8 Å². The number of rotatable bonds is 7. The fourth-order valence-corrected chi connectivity index (χ4v) is 6.30. The van der Waals surface area contributed by atoms with Crippen LogP contribution in [0.15, 0.2) is 41.3 Å². The summed E-state index contributed by atoms with van der Waals surface area (Å²) in [6, 6.07) is 9.53. The smallest absolute Gasteiger partial charge is 0.325 e. The second kappa shape index (κ2) is 9.93. The minimum absolute atomic E-state index is 0.217. The number of carbonyl (C=O) groups is 2. The summed E-state index contributed by atoms with van der Waals surface area (Å²) in [4.78, 5) is 25.7. The number of methoxy groups -OCH3 is 1. The van der Waals surface area contributed by atoms with Crippen molar-refractivity contribution >= 4 is 27.6 Å². The number of benzene rings is 2. The number of nitrogens with one attached hydrogen (secondary N) is 1. The van der Waals surface area contributed by atoms with E-state index in [4.69, 9.17) is 9.47 Å². The Labute approximate surface area is 194 Å². The van der Waals surface area contributed by atoms with Gasteiger partial charge in [0, 0.05) is 6.54 Å². The average Bonchev–Trinajstić information content (AvgIpc) is 3.24. The number of carbonyl (C=O) groups excluding carboxylic acids is 2. The molecule has 0 saturated carbocycles. The molecule has 1 fully saturated rings. The fourth-order valence-electron chi connectivity index (χ4n) is 4.24. The zero-order valence-corrected chi connectivity index (χ0v) is 20.4. The molecule has 0 aromatic heterocycles. The average molecular weight is 475 g/mol. The van der Waals surface area contributed by atoms with Gasteiger partial charge in [0.2, 0.25) is 10.0 Å². The van der Waals surface area contributed by atoms with Crippen molar-refractivity contribution in [2.45, 2.75) is 57.6 Å². The summed E-state index contributed by atoms with van der Waals surface area (Å²) >= 11 is 0. The molecule has 3 rings (SSSR count). The molecule has 0 radical (unpaired) electrons. The van der Waals surface area contributed by atoms with Gasteiger partial charge in [0.25, 0.3) is 5.91 Å². The van der Waals surface area contributed by atoms with E-state index in [0.29, 0.717) is 35.4 Å². The lowest BCUT2D eigenvalue weighted by Crippen LogP contribution is -2.43. The summed E-state index contributed by atoms with van der Waals surface area (Å²) in [5, 5.41) is 2.67. The Hall–Kier alpha value is -2.91. The van der Waals surface area contributed by atoms with E-state index in [1.807, 2.05) is 19.1 Å². The molecule has 2 atom stereocenters. The van der Waals surface area contributed by atoms with Gasteiger partial charge in [-0.2, -0.15) is 4.31 Å². The summed E-state index contributed by atoms with van der Waals surface area (Å²) in [6.07, 6.45) is -0.247. The van der Waals surface area contributed by atoms with Crippen LogP contribution in [0.1, 0.15) is 36.5 Å². The molecule has 1 aliphatic rings. The number of sulfonamides is 1. The molecule has 1 N–H and O–H groups in total. The topological polar surface area (TPSA) is 102 Å². The van der Waals surface area contributed by atoms with Crippen LogP contribution in [-0.2, 0) is 24.3 Å². The first-order valence-electron chi connectivity index (χ1n) is 10.8. The lowest BCUT2D eigenvalue weighted by molar-refractivity contribution is -0.156. The van der Waals surface area contributed by atoms with E-state index in [1.165, 1.54) is 18.3 Å². The Morgan fingerprint density at radius 2 is 1.76 bits per heavy atom. The van der Waals surface area contributed by atoms with Crippen molar-refractivity contribution in [1.82, 2.24) is 4.31 Å². The predicted octanol–water partition coefficient (Wildman–Crippen LogP) is 3.34. The second-order valence-electron chi connectivity index (χ2n) is 8.27. The molecule has 2 aromatic rings. The number of esters is 1. The van der Waals surface area contributed by atoms with E-state index in [9.17, 15) is 18.0 Å². The molecule has 33 heavy (non-hydrogen) atoms. The maximum absolute atomic E-state index is 13.5. The van der Waals surface area contributed by atoms with Crippen molar-refractivity contribution < 1.29 is 27.5 Å². The maximum atomic E-state index is 13.5. The molecule has 2 aromatic carbocycles. The number of hydrogen-bond acceptors (Lipinski definition) is 6. The van der Waals surface area contributed by atoms with Crippen LogP contribution < -0.4 is 10.1 Å². The summed E-state index contributed by atoms with van der Waals surface area (Å²) in [6.45, 7) is 7.08. The van der Waals surface area contributed by atoms with Crippen molar-refractivity contribution in [3.05, 3.63) is 53.1 Å². The molecule has 8 nitrogen and oxygen atoms in total. The molecule has 0 unspecified atom stereocenters. The highest BCUT2D eigenvalue weighted by molar-refractivity contribution is 7.89. The zero-order chi connectivity index (χ0) is 24.3. The van der Waals surface area contributed by atoms with Gasteiger partial charge in [0.05, 0.1) is 17.7 Å². The number of amides is 1. The Bertz CT molecular complexity index is 1140. The van der Waals surface area contributed by atoms with Crippen molar-refractivity contribution in [3.63, 3.8) is 0 Å². The third kappa shape index (κ3) is 5.20. The molecular formula is C24H30N2O6S. The monoisotopic (exact) mass is 474 g/mol. The van der Waals surface area contributed by atoms with Crippen molar-refractivity contribution in [1.29, 1.82) is 0 Å². The van der Waals surface area contributed by atoms with Gasteiger partial charge >= 0.3 is 5.97 Å². The van der Waals surface area contributed by atoms with E-state index in [-0.39, 0.29) is 11.4 Å². The number of ether oxygens (including phenoxy) is 2. The van der Waals surface area contributed by atoms with Crippen LogP contribution >= 0.6 is 0 Å². The molecule has 1 saturated heterocycles. The summed E-state index contributed by atoms with van der Waals surface area (Å²) < 4.78 is 38.7. The summed E-state index contributed by atoms with van der Waals surface area (Å²) in [5.41, 5.74) is 2.69. The molecule has 0 bridgehead atoms. The molecule has 1 aliphatic heterocycles. The number of anilines is 1. The van der Waals surface area contributed by atoms with Crippen molar-refractivity contribution in [2.75, 3.05) is 19.0 Å². The first-order chi connectivity index (χ1) is 15.6. The lowest BCUT2D eigenvalue weighted by Gasteiger charge is -2.25. The molecule has 178 valence electrons. The second-order valence-corrected chi connectivity index (χ2v) is 10.1. The first kappa shape index (κ1) is 24.7. The van der Waals surface area contributed by atoms with Gasteiger partial charge in [-0.3, -0.25) is 9.59 Å². The molecular weight excluding hydrogens is 444 g/mol. The van der Waals surface area contributed by atoms with Gasteiger partial charge in [0.1, 0.15) is 11.8 Å². The highest BCUT2D eigenvalue weighted by Gasteiger charge is 2.42. The van der Waals surface area contributed by atoms with Gasteiger partial charge in [-0.15, -0.1) is 0 Å². The van der Waals surface area contributed by atoms with Crippen LogP contribution in [0.3, 0.4) is 0 Å². The van der Waals surface area contributed by atoms with Gasteiger partial charge in [-0.1, -0.05) is 29.8 Å². The first-order valence-corrected chi connectivity index (χ1v) is 12.2. The number of nitrogens with zero attached hydrogens (tertiary/aromatic N) is 1. The van der Waals surface area contributed by atoms with E-state index >= 15 is 0 Å². The minimum atomic E-state index is -3.91. The zero-order valence-electron chi connectivity index (χ0n) is 19.5. The third-order valence-electron chi connectivity index (χ3n) is 5.67. The van der Waals surface area contributed by atoms with E-state index in [1.54, 1.807) is 38.1 Å². The maximum Gasteiger partial charge on any atom is 0.325 e. The normalized spacial score (nSPS) is 17.4. The fraction of sp³-hybridized carbons (Fsp3) is 0.417. The predicted molar refractivity (Wildman–Crippen MR) is 125 cm³/mol. The Morgan fingerprint density at radius 3 is 2.39 bits per heavy atom. The highest BCUT2D eigenvalue weighted by Crippen LogP contribution is 2.31.